The van der Waals surface area contributed by atoms with Crippen molar-refractivity contribution in [3.05, 3.63) is 41.5 Å². The van der Waals surface area contributed by atoms with Crippen LogP contribution in [0, 0.1) is 0 Å². The first kappa shape index (κ1) is 19.5. The second-order valence-electron chi connectivity index (χ2n) is 7.33. The highest BCUT2D eigenvalue weighted by Crippen LogP contribution is 2.37. The van der Waals surface area contributed by atoms with Crippen molar-refractivity contribution in [2.45, 2.75) is 49.7 Å². The quantitative estimate of drug-likeness (QED) is 0.476. The van der Waals surface area contributed by atoms with E-state index >= 15 is 0 Å². The summed E-state index contributed by atoms with van der Waals surface area (Å²) in [6.45, 7) is 8.20. The zero-order valence-electron chi connectivity index (χ0n) is 15.3. The summed E-state index contributed by atoms with van der Waals surface area (Å²) < 4.78 is 38.8. The number of aromatic amines is 1. The van der Waals surface area contributed by atoms with E-state index in [2.05, 4.69) is 40.7 Å². The maximum Gasteiger partial charge on any atom is 0.433 e. The molecule has 3 aromatic rings. The fraction of sp³-hybridized carbons (Fsp3) is 0.389. The standard InChI is InChI=1S/C18H20F3N5S/c1-9(27-16-25-14(18(19,20)21)6-15(22)26-16)12-5-10-11(17(2,3)4)7-23-13(10)8-24-12/h5-9,23H,1-4H3,(H2,22,25,26). The van der Waals surface area contributed by atoms with Gasteiger partial charge in [0.05, 0.1) is 22.7 Å². The van der Waals surface area contributed by atoms with Crippen molar-refractivity contribution in [2.75, 3.05) is 5.73 Å². The van der Waals surface area contributed by atoms with Crippen LogP contribution in [0.2, 0.25) is 0 Å². The molecule has 144 valence electrons. The van der Waals surface area contributed by atoms with Gasteiger partial charge in [-0.2, -0.15) is 13.2 Å². The lowest BCUT2D eigenvalue weighted by atomic mass is 9.87. The number of pyridine rings is 1. The zero-order valence-corrected chi connectivity index (χ0v) is 16.2. The minimum Gasteiger partial charge on any atom is -0.384 e. The second kappa shape index (κ2) is 6.70. The van der Waals surface area contributed by atoms with Crippen LogP contribution in [0.15, 0.2) is 29.7 Å². The van der Waals surface area contributed by atoms with Gasteiger partial charge in [0.1, 0.15) is 5.82 Å². The Morgan fingerprint density at radius 3 is 2.48 bits per heavy atom. The average molecular weight is 395 g/mol. The molecule has 0 amide bonds. The van der Waals surface area contributed by atoms with Crippen LogP contribution in [-0.4, -0.2) is 19.9 Å². The Hall–Kier alpha value is -2.29. The van der Waals surface area contributed by atoms with Crippen LogP contribution < -0.4 is 5.73 Å². The summed E-state index contributed by atoms with van der Waals surface area (Å²) in [6.07, 6.45) is -0.873. The van der Waals surface area contributed by atoms with Crippen molar-refractivity contribution < 1.29 is 13.2 Å². The lowest BCUT2D eigenvalue weighted by molar-refractivity contribution is -0.141. The van der Waals surface area contributed by atoms with Gasteiger partial charge >= 0.3 is 6.18 Å². The van der Waals surface area contributed by atoms with Crippen LogP contribution in [0.5, 0.6) is 0 Å². The zero-order chi connectivity index (χ0) is 20.0. The number of halogens is 3. The number of thioether (sulfide) groups is 1. The number of nitrogen functional groups attached to an aromatic ring is 1. The molecule has 1 unspecified atom stereocenters. The first-order chi connectivity index (χ1) is 12.4. The van der Waals surface area contributed by atoms with Gasteiger partial charge in [-0.3, -0.25) is 4.98 Å². The van der Waals surface area contributed by atoms with Gasteiger partial charge in [0.15, 0.2) is 10.9 Å². The fourth-order valence-electron chi connectivity index (χ4n) is 2.74. The summed E-state index contributed by atoms with van der Waals surface area (Å²) in [5.74, 6) is -0.212. The van der Waals surface area contributed by atoms with Crippen molar-refractivity contribution in [1.82, 2.24) is 19.9 Å². The number of nitrogens with zero attached hydrogens (tertiary/aromatic N) is 3. The Labute approximate surface area is 159 Å². The third kappa shape index (κ3) is 4.18. The van der Waals surface area contributed by atoms with Crippen LogP contribution in [0.3, 0.4) is 0 Å². The minimum absolute atomic E-state index is 0.0261. The third-order valence-electron chi connectivity index (χ3n) is 4.11. The molecule has 1 atom stereocenters. The second-order valence-corrected chi connectivity index (χ2v) is 8.63. The molecular formula is C18H20F3N5S. The van der Waals surface area contributed by atoms with Crippen molar-refractivity contribution >= 4 is 28.5 Å². The molecule has 3 rings (SSSR count). The largest absolute Gasteiger partial charge is 0.433 e. The van der Waals surface area contributed by atoms with Gasteiger partial charge in [-0.25, -0.2) is 9.97 Å². The van der Waals surface area contributed by atoms with E-state index in [0.717, 1.165) is 40.0 Å². The van der Waals surface area contributed by atoms with E-state index in [1.807, 2.05) is 19.2 Å². The van der Waals surface area contributed by atoms with Crippen LogP contribution in [-0.2, 0) is 11.6 Å². The highest BCUT2D eigenvalue weighted by Gasteiger charge is 2.33. The lowest BCUT2D eigenvalue weighted by Crippen LogP contribution is -2.11. The normalized spacial score (nSPS) is 13.9. The minimum atomic E-state index is -4.57. The number of alkyl halides is 3. The number of anilines is 1. The van der Waals surface area contributed by atoms with Gasteiger partial charge in [0, 0.05) is 17.6 Å². The van der Waals surface area contributed by atoms with Crippen LogP contribution >= 0.6 is 11.8 Å². The highest BCUT2D eigenvalue weighted by molar-refractivity contribution is 7.99. The van der Waals surface area contributed by atoms with Gasteiger partial charge in [0.2, 0.25) is 0 Å². The summed E-state index contributed by atoms with van der Waals surface area (Å²) in [6, 6.07) is 2.69. The van der Waals surface area contributed by atoms with E-state index in [-0.39, 0.29) is 21.6 Å². The summed E-state index contributed by atoms with van der Waals surface area (Å²) >= 11 is 1.09. The predicted octanol–water partition coefficient (Wildman–Crippen LogP) is 5.10. The molecule has 0 aliphatic heterocycles. The topological polar surface area (TPSA) is 80.5 Å². The van der Waals surface area contributed by atoms with E-state index in [0.29, 0.717) is 0 Å². The molecule has 0 fully saturated rings. The molecule has 0 spiro atoms. The van der Waals surface area contributed by atoms with E-state index in [9.17, 15) is 13.2 Å². The van der Waals surface area contributed by atoms with Gasteiger partial charge < -0.3 is 10.7 Å². The first-order valence-corrected chi connectivity index (χ1v) is 9.19. The van der Waals surface area contributed by atoms with E-state index in [1.165, 1.54) is 0 Å². The van der Waals surface area contributed by atoms with Crippen LogP contribution in [0.25, 0.3) is 10.9 Å². The molecule has 0 radical (unpaired) electrons. The summed E-state index contributed by atoms with van der Waals surface area (Å²) in [7, 11) is 0. The third-order valence-corrected chi connectivity index (χ3v) is 5.10. The Kier molecular flexibility index (Phi) is 4.83. The highest BCUT2D eigenvalue weighted by atomic mass is 32.2. The molecule has 3 N–H and O–H groups in total. The molecule has 0 aliphatic carbocycles. The summed E-state index contributed by atoms with van der Waals surface area (Å²) in [5.41, 5.74) is 7.22. The molecule has 0 saturated heterocycles. The molecule has 3 heterocycles. The van der Waals surface area contributed by atoms with E-state index in [4.69, 9.17) is 5.73 Å². The van der Waals surface area contributed by atoms with Gasteiger partial charge in [0.25, 0.3) is 0 Å². The Morgan fingerprint density at radius 2 is 1.85 bits per heavy atom. The Morgan fingerprint density at radius 1 is 1.15 bits per heavy atom. The summed E-state index contributed by atoms with van der Waals surface area (Å²) in [4.78, 5) is 15.1. The number of hydrogen-bond acceptors (Lipinski definition) is 5. The summed E-state index contributed by atoms with van der Waals surface area (Å²) in [5, 5.41) is 0.770. The number of H-pyrrole nitrogens is 1. The molecule has 0 aliphatic rings. The van der Waals surface area contributed by atoms with Crippen LogP contribution in [0.1, 0.15) is 49.9 Å². The average Bonchev–Trinajstić information content (AvgIpc) is 2.96. The van der Waals surface area contributed by atoms with E-state index < -0.39 is 11.9 Å². The number of fused-ring (bicyclic) bond motifs is 1. The van der Waals surface area contributed by atoms with Crippen molar-refractivity contribution in [1.29, 1.82) is 0 Å². The van der Waals surface area contributed by atoms with Crippen molar-refractivity contribution in [3.63, 3.8) is 0 Å². The molecule has 9 heteroatoms. The predicted molar refractivity (Wildman–Crippen MR) is 101 cm³/mol. The number of nitrogens with two attached hydrogens (primary N) is 1. The smallest absolute Gasteiger partial charge is 0.384 e. The SMILES string of the molecule is CC(Sc1nc(N)cc(C(F)(F)F)n1)c1cc2c(C(C)(C)C)c[nH]c2cn1. The molecule has 27 heavy (non-hydrogen) atoms. The molecular weight excluding hydrogens is 375 g/mol. The maximum atomic E-state index is 12.9. The van der Waals surface area contributed by atoms with Crippen molar-refractivity contribution in [2.24, 2.45) is 0 Å². The van der Waals surface area contributed by atoms with Gasteiger partial charge in [-0.05, 0) is 24.0 Å². The molecule has 5 nitrogen and oxygen atoms in total. The van der Waals surface area contributed by atoms with Gasteiger partial charge in [-0.15, -0.1) is 0 Å². The number of rotatable bonds is 3. The monoisotopic (exact) mass is 395 g/mol. The number of hydrogen-bond donors (Lipinski definition) is 2. The number of aromatic nitrogens is 4. The molecule has 0 aromatic carbocycles. The molecule has 0 saturated carbocycles. The molecule has 0 bridgehead atoms. The van der Waals surface area contributed by atoms with Gasteiger partial charge in [-0.1, -0.05) is 32.5 Å². The Bertz CT molecular complexity index is 975. The lowest BCUT2D eigenvalue weighted by Gasteiger charge is -2.18. The first-order valence-electron chi connectivity index (χ1n) is 8.31. The van der Waals surface area contributed by atoms with E-state index in [1.54, 1.807) is 6.20 Å². The number of nitrogens with one attached hydrogen (secondary N) is 1. The molecule has 3 aromatic heterocycles. The maximum absolute atomic E-state index is 12.9. The fourth-order valence-corrected chi connectivity index (χ4v) is 3.61. The Balaban J connectivity index is 1.93. The van der Waals surface area contributed by atoms with Crippen molar-refractivity contribution in [3.8, 4) is 0 Å². The van der Waals surface area contributed by atoms with Crippen LogP contribution in [0.4, 0.5) is 19.0 Å².